The van der Waals surface area contributed by atoms with E-state index in [0.29, 0.717) is 12.5 Å². The van der Waals surface area contributed by atoms with Crippen molar-refractivity contribution in [1.82, 2.24) is 26.1 Å². The Labute approximate surface area is 164 Å². The zero-order valence-electron chi connectivity index (χ0n) is 16.0. The van der Waals surface area contributed by atoms with Crippen molar-refractivity contribution in [2.45, 2.75) is 31.5 Å². The van der Waals surface area contributed by atoms with Gasteiger partial charge in [0.1, 0.15) is 5.75 Å². The highest BCUT2D eigenvalue weighted by Gasteiger charge is 2.32. The molecule has 1 aromatic carbocycles. The summed E-state index contributed by atoms with van der Waals surface area (Å²) in [6.07, 6.45) is 5.94. The number of benzene rings is 1. The number of nitrogens with zero attached hydrogens (tertiary/aromatic N) is 3. The van der Waals surface area contributed by atoms with Crippen molar-refractivity contribution in [3.05, 3.63) is 48.3 Å². The molecule has 2 aliphatic rings. The predicted octanol–water partition coefficient (Wildman–Crippen LogP) is 1.38. The van der Waals surface area contributed by atoms with Crippen LogP contribution in [-0.2, 0) is 4.79 Å². The van der Waals surface area contributed by atoms with E-state index >= 15 is 0 Å². The number of hydrazine groups is 1. The van der Waals surface area contributed by atoms with Gasteiger partial charge in [0.05, 0.1) is 25.2 Å². The molecule has 0 saturated carbocycles. The van der Waals surface area contributed by atoms with E-state index in [1.54, 1.807) is 25.6 Å². The lowest BCUT2D eigenvalue weighted by Crippen LogP contribution is -2.50. The monoisotopic (exact) mass is 382 g/mol. The summed E-state index contributed by atoms with van der Waals surface area (Å²) in [4.78, 5) is 23.5. The van der Waals surface area contributed by atoms with E-state index < -0.39 is 0 Å². The lowest BCUT2D eigenvalue weighted by Gasteiger charge is -2.32. The molecule has 28 heavy (non-hydrogen) atoms. The number of nitrogens with one attached hydrogen (secondary N) is 3. The molecule has 2 aromatic rings. The van der Waals surface area contributed by atoms with Gasteiger partial charge in [0.2, 0.25) is 11.9 Å². The fraction of sp³-hybridized carbons (Fsp3) is 0.450. The van der Waals surface area contributed by atoms with Crippen molar-refractivity contribution >= 4 is 11.9 Å². The summed E-state index contributed by atoms with van der Waals surface area (Å²) < 4.78 is 5.45. The van der Waals surface area contributed by atoms with Gasteiger partial charge in [0, 0.05) is 37.5 Å². The van der Waals surface area contributed by atoms with Gasteiger partial charge in [0.15, 0.2) is 0 Å². The Morgan fingerprint density at radius 1 is 1.21 bits per heavy atom. The second kappa shape index (κ2) is 8.53. The number of hydrogen-bond donors (Lipinski definition) is 3. The molecule has 2 saturated heterocycles. The molecule has 3 unspecified atom stereocenters. The van der Waals surface area contributed by atoms with Gasteiger partial charge < -0.3 is 15.0 Å². The lowest BCUT2D eigenvalue weighted by atomic mass is 9.97. The van der Waals surface area contributed by atoms with Gasteiger partial charge in [-0.05, 0) is 25.0 Å². The van der Waals surface area contributed by atoms with E-state index in [2.05, 4.69) is 31.0 Å². The van der Waals surface area contributed by atoms with E-state index in [0.717, 1.165) is 37.1 Å². The zero-order chi connectivity index (χ0) is 19.3. The number of amides is 1. The van der Waals surface area contributed by atoms with Crippen LogP contribution in [-0.4, -0.2) is 42.2 Å². The Morgan fingerprint density at radius 3 is 2.86 bits per heavy atom. The van der Waals surface area contributed by atoms with Crippen LogP contribution in [0, 0.1) is 5.92 Å². The SMILES string of the molecule is COc1ccccc1C1CC(NC(=O)C2CCCN(c3ncccn3)C2)NN1. The summed E-state index contributed by atoms with van der Waals surface area (Å²) in [5, 5.41) is 3.14. The standard InChI is InChI=1S/C20H26N6O2/c1-28-17-8-3-2-7-15(17)16-12-18(25-24-16)23-19(27)14-6-4-11-26(13-14)20-21-9-5-10-22-20/h2-3,5,7-10,14,16,18,24-25H,4,6,11-13H2,1H3,(H,23,27). The van der Waals surface area contributed by atoms with Crippen LogP contribution in [0.3, 0.4) is 0 Å². The van der Waals surface area contributed by atoms with E-state index in [4.69, 9.17) is 4.74 Å². The summed E-state index contributed by atoms with van der Waals surface area (Å²) in [5.41, 5.74) is 7.54. The Bertz CT molecular complexity index is 802. The first-order valence-electron chi connectivity index (χ1n) is 9.71. The molecule has 8 heteroatoms. The number of para-hydroxylation sites is 1. The molecule has 1 aromatic heterocycles. The number of aromatic nitrogens is 2. The number of piperidine rings is 1. The second-order valence-corrected chi connectivity index (χ2v) is 7.21. The van der Waals surface area contributed by atoms with Gasteiger partial charge in [-0.25, -0.2) is 20.8 Å². The molecule has 148 valence electrons. The molecular formula is C20H26N6O2. The molecule has 0 radical (unpaired) electrons. The van der Waals surface area contributed by atoms with Gasteiger partial charge >= 0.3 is 0 Å². The summed E-state index contributed by atoms with van der Waals surface area (Å²) in [5.74, 6) is 1.54. The Morgan fingerprint density at radius 2 is 2.04 bits per heavy atom. The largest absolute Gasteiger partial charge is 0.496 e. The summed E-state index contributed by atoms with van der Waals surface area (Å²) in [7, 11) is 1.67. The third-order valence-corrected chi connectivity index (χ3v) is 5.36. The first-order valence-corrected chi connectivity index (χ1v) is 9.71. The third kappa shape index (κ3) is 4.07. The van der Waals surface area contributed by atoms with Crippen LogP contribution in [0.4, 0.5) is 5.95 Å². The number of rotatable bonds is 5. The van der Waals surface area contributed by atoms with E-state index in [1.807, 2.05) is 24.3 Å². The lowest BCUT2D eigenvalue weighted by molar-refractivity contribution is -0.126. The molecule has 3 heterocycles. The second-order valence-electron chi connectivity index (χ2n) is 7.21. The molecule has 1 amide bonds. The molecule has 8 nitrogen and oxygen atoms in total. The van der Waals surface area contributed by atoms with E-state index in [1.165, 1.54) is 0 Å². The fourth-order valence-corrected chi connectivity index (χ4v) is 3.93. The minimum absolute atomic E-state index is 0.0651. The third-order valence-electron chi connectivity index (χ3n) is 5.36. The summed E-state index contributed by atoms with van der Waals surface area (Å²) in [6.45, 7) is 1.53. The van der Waals surface area contributed by atoms with Crippen molar-refractivity contribution in [1.29, 1.82) is 0 Å². The highest BCUT2D eigenvalue weighted by molar-refractivity contribution is 5.79. The van der Waals surface area contributed by atoms with Crippen LogP contribution in [0.2, 0.25) is 0 Å². The fourth-order valence-electron chi connectivity index (χ4n) is 3.93. The molecule has 2 fully saturated rings. The van der Waals surface area contributed by atoms with Crippen LogP contribution in [0.5, 0.6) is 5.75 Å². The van der Waals surface area contributed by atoms with Gasteiger partial charge in [-0.3, -0.25) is 4.79 Å². The van der Waals surface area contributed by atoms with Crippen LogP contribution in [0.1, 0.15) is 30.9 Å². The quantitative estimate of drug-likeness (QED) is 0.720. The topological polar surface area (TPSA) is 91.4 Å². The first-order chi connectivity index (χ1) is 13.7. The van der Waals surface area contributed by atoms with Crippen molar-refractivity contribution < 1.29 is 9.53 Å². The molecular weight excluding hydrogens is 356 g/mol. The highest BCUT2D eigenvalue weighted by atomic mass is 16.5. The number of hydrogen-bond acceptors (Lipinski definition) is 7. The Balaban J connectivity index is 1.34. The van der Waals surface area contributed by atoms with Crippen molar-refractivity contribution in [3.8, 4) is 5.75 Å². The molecule has 4 rings (SSSR count). The van der Waals surface area contributed by atoms with Gasteiger partial charge in [0.25, 0.3) is 0 Å². The zero-order valence-corrected chi connectivity index (χ0v) is 16.0. The van der Waals surface area contributed by atoms with E-state index in [-0.39, 0.29) is 24.0 Å². The summed E-state index contributed by atoms with van der Waals surface area (Å²) >= 11 is 0. The maximum atomic E-state index is 12.8. The highest BCUT2D eigenvalue weighted by Crippen LogP contribution is 2.29. The number of anilines is 1. The van der Waals surface area contributed by atoms with E-state index in [9.17, 15) is 4.79 Å². The van der Waals surface area contributed by atoms with Crippen LogP contribution in [0.15, 0.2) is 42.7 Å². The molecule has 3 N–H and O–H groups in total. The van der Waals surface area contributed by atoms with Crippen molar-refractivity contribution in [3.63, 3.8) is 0 Å². The predicted molar refractivity (Wildman–Crippen MR) is 106 cm³/mol. The Kier molecular flexibility index (Phi) is 5.68. The van der Waals surface area contributed by atoms with Crippen LogP contribution in [0.25, 0.3) is 0 Å². The van der Waals surface area contributed by atoms with Crippen LogP contribution < -0.4 is 25.8 Å². The number of ether oxygens (including phenoxy) is 1. The molecule has 2 aliphatic heterocycles. The minimum atomic E-state index is -0.120. The van der Waals surface area contributed by atoms with Crippen molar-refractivity contribution in [2.24, 2.45) is 5.92 Å². The van der Waals surface area contributed by atoms with Gasteiger partial charge in [-0.15, -0.1) is 0 Å². The number of carbonyl (C=O) groups is 1. The summed E-state index contributed by atoms with van der Waals surface area (Å²) in [6, 6.07) is 9.83. The molecule has 0 bridgehead atoms. The molecule has 0 aliphatic carbocycles. The number of methoxy groups -OCH3 is 1. The maximum absolute atomic E-state index is 12.8. The first kappa shape index (κ1) is 18.6. The van der Waals surface area contributed by atoms with Crippen LogP contribution >= 0.6 is 0 Å². The minimum Gasteiger partial charge on any atom is -0.496 e. The van der Waals surface area contributed by atoms with Gasteiger partial charge in [-0.2, -0.15) is 0 Å². The maximum Gasteiger partial charge on any atom is 0.226 e. The van der Waals surface area contributed by atoms with Gasteiger partial charge in [-0.1, -0.05) is 18.2 Å². The average molecular weight is 382 g/mol. The number of carbonyl (C=O) groups excluding carboxylic acids is 1. The normalized spacial score (nSPS) is 24.8. The molecule has 3 atom stereocenters. The Hall–Kier alpha value is -2.71. The van der Waals surface area contributed by atoms with Crippen molar-refractivity contribution in [2.75, 3.05) is 25.1 Å². The average Bonchev–Trinajstić information content (AvgIpc) is 3.22. The molecule has 0 spiro atoms. The smallest absolute Gasteiger partial charge is 0.226 e.